The highest BCUT2D eigenvalue weighted by molar-refractivity contribution is 7.92. The maximum absolute atomic E-state index is 13.0. The zero-order valence-electron chi connectivity index (χ0n) is 16.4. The van der Waals surface area contributed by atoms with E-state index < -0.39 is 15.2 Å². The number of rotatable bonds is 7. The lowest BCUT2D eigenvalue weighted by Crippen LogP contribution is -2.42. The van der Waals surface area contributed by atoms with Crippen molar-refractivity contribution < 1.29 is 13.2 Å². The molecular formula is C22H27N3O3S. The summed E-state index contributed by atoms with van der Waals surface area (Å²) in [6, 6.07) is 15.5. The lowest BCUT2D eigenvalue weighted by atomic mass is 10.1. The summed E-state index contributed by atoms with van der Waals surface area (Å²) in [5.74, 6) is 0. The Morgan fingerprint density at radius 1 is 1.03 bits per heavy atom. The second-order valence-electron chi connectivity index (χ2n) is 7.09. The van der Waals surface area contributed by atoms with E-state index in [4.69, 9.17) is 0 Å². The maximum atomic E-state index is 13.0. The number of benzene rings is 2. The first-order valence-corrected chi connectivity index (χ1v) is 11.3. The molecule has 154 valence electrons. The van der Waals surface area contributed by atoms with Crippen molar-refractivity contribution in [2.75, 3.05) is 18.4 Å². The highest BCUT2D eigenvalue weighted by Gasteiger charge is 2.31. The van der Waals surface area contributed by atoms with E-state index in [1.807, 2.05) is 35.2 Å². The number of carbonyl (C=O) groups is 1. The van der Waals surface area contributed by atoms with E-state index in [9.17, 15) is 13.2 Å². The van der Waals surface area contributed by atoms with Crippen LogP contribution in [0.4, 0.5) is 10.5 Å². The molecule has 1 aliphatic rings. The third-order valence-electron chi connectivity index (χ3n) is 5.01. The molecule has 6 nitrogen and oxygen atoms in total. The first-order valence-electron chi connectivity index (χ1n) is 9.80. The molecule has 1 atom stereocenters. The first kappa shape index (κ1) is 21.1. The predicted octanol–water partition coefficient (Wildman–Crippen LogP) is 3.78. The molecule has 0 aliphatic carbocycles. The molecule has 2 aromatic carbocycles. The van der Waals surface area contributed by atoms with Crippen LogP contribution < -0.4 is 10.6 Å². The molecule has 2 N–H and O–H groups in total. The second-order valence-corrected chi connectivity index (χ2v) is 9.13. The highest BCUT2D eigenvalue weighted by Crippen LogP contribution is 2.24. The Hall–Kier alpha value is -2.64. The number of amides is 2. The standard InChI is InChI=1S/C22H27N3O3S/c1-2-21(25-15-7-4-8-16-25)29(27,28)20-13-11-19(12-14-20)24-22(26)23-17-18-9-5-3-6-10-18/h2-3,5-6,9-14,21H,1,4,7-8,15-17H2,(H2,23,24,26). The SMILES string of the molecule is C=CC(N1CCCCC1)S(=O)(=O)c1ccc(NC(=O)NCc2ccccc2)cc1. The van der Waals surface area contributed by atoms with Crippen molar-refractivity contribution in [2.45, 2.75) is 36.1 Å². The van der Waals surface area contributed by atoms with Gasteiger partial charge < -0.3 is 10.6 Å². The minimum Gasteiger partial charge on any atom is -0.334 e. The van der Waals surface area contributed by atoms with E-state index in [-0.39, 0.29) is 10.9 Å². The third kappa shape index (κ3) is 5.46. The monoisotopic (exact) mass is 413 g/mol. The van der Waals surface area contributed by atoms with Crippen LogP contribution in [0.1, 0.15) is 24.8 Å². The van der Waals surface area contributed by atoms with Gasteiger partial charge in [-0.05, 0) is 55.8 Å². The van der Waals surface area contributed by atoms with E-state index >= 15 is 0 Å². The number of likely N-dealkylation sites (tertiary alicyclic amines) is 1. The summed E-state index contributed by atoms with van der Waals surface area (Å²) in [6.45, 7) is 5.68. The predicted molar refractivity (Wildman–Crippen MR) is 115 cm³/mol. The number of nitrogens with zero attached hydrogens (tertiary/aromatic N) is 1. The van der Waals surface area contributed by atoms with Gasteiger partial charge in [0.15, 0.2) is 9.84 Å². The largest absolute Gasteiger partial charge is 0.334 e. The maximum Gasteiger partial charge on any atom is 0.319 e. The molecule has 2 amide bonds. The van der Waals surface area contributed by atoms with E-state index in [2.05, 4.69) is 17.2 Å². The molecule has 2 aromatic rings. The molecule has 1 unspecified atom stereocenters. The molecule has 1 aliphatic heterocycles. The van der Waals surface area contributed by atoms with E-state index in [0.29, 0.717) is 12.2 Å². The minimum atomic E-state index is -3.56. The smallest absolute Gasteiger partial charge is 0.319 e. The van der Waals surface area contributed by atoms with Crippen LogP contribution in [0, 0.1) is 0 Å². The van der Waals surface area contributed by atoms with Crippen molar-refractivity contribution in [3.63, 3.8) is 0 Å². The number of nitrogens with one attached hydrogen (secondary N) is 2. The van der Waals surface area contributed by atoms with Crippen molar-refractivity contribution in [1.29, 1.82) is 0 Å². The summed E-state index contributed by atoms with van der Waals surface area (Å²) in [7, 11) is -3.56. The number of anilines is 1. The average molecular weight is 414 g/mol. The summed E-state index contributed by atoms with van der Waals surface area (Å²) in [4.78, 5) is 14.3. The highest BCUT2D eigenvalue weighted by atomic mass is 32.2. The van der Waals surface area contributed by atoms with Crippen molar-refractivity contribution in [3.05, 3.63) is 72.8 Å². The summed E-state index contributed by atoms with van der Waals surface area (Å²) in [6.07, 6.45) is 4.64. The fourth-order valence-corrected chi connectivity index (χ4v) is 5.12. The minimum absolute atomic E-state index is 0.225. The molecule has 0 spiro atoms. The van der Waals surface area contributed by atoms with Crippen molar-refractivity contribution in [3.8, 4) is 0 Å². The number of carbonyl (C=O) groups excluding carboxylic acids is 1. The van der Waals surface area contributed by atoms with Crippen LogP contribution in [0.5, 0.6) is 0 Å². The second kappa shape index (κ2) is 9.71. The molecule has 29 heavy (non-hydrogen) atoms. The van der Waals surface area contributed by atoms with Crippen molar-refractivity contribution >= 4 is 21.6 Å². The van der Waals surface area contributed by atoms with Crippen LogP contribution >= 0.6 is 0 Å². The number of hydrogen-bond donors (Lipinski definition) is 2. The van der Waals surface area contributed by atoms with Crippen LogP contribution in [0.15, 0.2) is 72.1 Å². The van der Waals surface area contributed by atoms with Gasteiger partial charge in [0.2, 0.25) is 0 Å². The van der Waals surface area contributed by atoms with Crippen molar-refractivity contribution in [2.24, 2.45) is 0 Å². The van der Waals surface area contributed by atoms with Crippen LogP contribution in [0.25, 0.3) is 0 Å². The van der Waals surface area contributed by atoms with Gasteiger partial charge in [0.1, 0.15) is 5.37 Å². The quantitative estimate of drug-likeness (QED) is 0.677. The Bertz CT molecular complexity index is 922. The Kier molecular flexibility index (Phi) is 7.06. The van der Waals surface area contributed by atoms with E-state index in [1.54, 1.807) is 12.1 Å². The molecule has 0 bridgehead atoms. The van der Waals surface area contributed by atoms with Crippen molar-refractivity contribution in [1.82, 2.24) is 10.2 Å². The molecule has 1 saturated heterocycles. The molecule has 1 heterocycles. The van der Waals surface area contributed by atoms with Gasteiger partial charge in [0.05, 0.1) is 4.90 Å². The van der Waals surface area contributed by atoms with E-state index in [0.717, 1.165) is 37.9 Å². The molecule has 1 fully saturated rings. The van der Waals surface area contributed by atoms with Crippen LogP contribution in [-0.2, 0) is 16.4 Å². The number of hydrogen-bond acceptors (Lipinski definition) is 4. The van der Waals surface area contributed by atoms with Gasteiger partial charge in [-0.1, -0.05) is 42.8 Å². The van der Waals surface area contributed by atoms with E-state index in [1.165, 1.54) is 18.2 Å². The zero-order chi connectivity index (χ0) is 20.7. The van der Waals surface area contributed by atoms with Crippen LogP contribution in [0.3, 0.4) is 0 Å². The van der Waals surface area contributed by atoms with Gasteiger partial charge in [-0.25, -0.2) is 13.2 Å². The zero-order valence-corrected chi connectivity index (χ0v) is 17.2. The van der Waals surface area contributed by atoms with Gasteiger partial charge in [0, 0.05) is 12.2 Å². The summed E-state index contributed by atoms with van der Waals surface area (Å²) < 4.78 is 26.1. The van der Waals surface area contributed by atoms with Gasteiger partial charge >= 0.3 is 6.03 Å². The Labute approximate surface area is 172 Å². The van der Waals surface area contributed by atoms with Gasteiger partial charge in [-0.15, -0.1) is 6.58 Å². The third-order valence-corrected chi connectivity index (χ3v) is 7.06. The Morgan fingerprint density at radius 3 is 2.31 bits per heavy atom. The van der Waals surface area contributed by atoms with Gasteiger partial charge in [0.25, 0.3) is 0 Å². The molecule has 0 saturated carbocycles. The van der Waals surface area contributed by atoms with Gasteiger partial charge in [-0.3, -0.25) is 4.90 Å². The molecule has 0 aromatic heterocycles. The van der Waals surface area contributed by atoms with Crippen LogP contribution in [-0.4, -0.2) is 37.8 Å². The summed E-state index contributed by atoms with van der Waals surface area (Å²) in [5, 5.41) is 4.77. The summed E-state index contributed by atoms with van der Waals surface area (Å²) >= 11 is 0. The topological polar surface area (TPSA) is 78.5 Å². The molecule has 3 rings (SSSR count). The normalized spacial score (nSPS) is 16.0. The average Bonchev–Trinajstić information content (AvgIpc) is 2.74. The lowest BCUT2D eigenvalue weighted by Gasteiger charge is -2.32. The van der Waals surface area contributed by atoms with Gasteiger partial charge in [-0.2, -0.15) is 0 Å². The molecular weight excluding hydrogens is 386 g/mol. The molecule has 7 heteroatoms. The Balaban J connectivity index is 1.62. The number of urea groups is 1. The fraction of sp³-hybridized carbons (Fsp3) is 0.318. The lowest BCUT2D eigenvalue weighted by molar-refractivity contribution is 0.229. The summed E-state index contributed by atoms with van der Waals surface area (Å²) in [5.41, 5.74) is 1.53. The fourth-order valence-electron chi connectivity index (χ4n) is 3.47. The first-order chi connectivity index (χ1) is 14.0. The molecule has 0 radical (unpaired) electrons. The number of piperidine rings is 1. The number of sulfone groups is 1. The van der Waals surface area contributed by atoms with Crippen LogP contribution in [0.2, 0.25) is 0 Å². The Morgan fingerprint density at radius 2 is 1.69 bits per heavy atom.